The van der Waals surface area contributed by atoms with Gasteiger partial charge in [0, 0.05) is 10.8 Å². The SMILES string of the molecule is CC1(C)c2ccccc2-c2ccc(-c3cccc(-c4ccc5ccc6c(-c7cccc(-c8ccc9c(c8)C(C)(C)c8ccccc8-9)c7)cc7c8ccccc8ccc7c6c5c4)c3)cc21.c1ccc(-c2cccc(-c3cc4ccc5c6ccccc6ccc5c4c4ccccc34)c2)cc1.c1ccc(-c2cccc(-c3ccc4ccc5c(-c6cccc(-c7ccccc7)c6)cc6c7ccccc7ccc6c5c4c3)c2)cc1. The van der Waals surface area contributed by atoms with Crippen LogP contribution in [0.1, 0.15) is 49.9 Å². The predicted octanol–water partition coefficient (Wildman–Crippen LogP) is 40.2. The predicted molar refractivity (Wildman–Crippen MR) is 619 cm³/mol. The summed E-state index contributed by atoms with van der Waals surface area (Å²) < 4.78 is 0. The molecule has 0 nitrogen and oxygen atoms in total. The molecule has 27 aromatic carbocycles. The van der Waals surface area contributed by atoms with Crippen LogP contribution >= 0.6 is 0 Å². The van der Waals surface area contributed by atoms with Crippen molar-refractivity contribution in [2.24, 2.45) is 0 Å². The topological polar surface area (TPSA) is 0 Å². The van der Waals surface area contributed by atoms with Crippen LogP contribution in [-0.4, -0.2) is 0 Å². The summed E-state index contributed by atoms with van der Waals surface area (Å²) in [6.45, 7) is 9.45. The van der Waals surface area contributed by atoms with E-state index in [1.165, 1.54) is 285 Å². The van der Waals surface area contributed by atoms with E-state index in [-0.39, 0.29) is 10.8 Å². The highest BCUT2D eigenvalue weighted by molar-refractivity contribution is 6.31. The van der Waals surface area contributed by atoms with Gasteiger partial charge >= 0.3 is 0 Å². The van der Waals surface area contributed by atoms with Crippen molar-refractivity contribution in [3.05, 3.63) is 544 Å². The number of fused-ring (bicyclic) bond motifs is 27. The van der Waals surface area contributed by atoms with E-state index in [4.69, 9.17) is 0 Å². The molecule has 0 radical (unpaired) electrons. The zero-order valence-corrected chi connectivity index (χ0v) is 80.7. The highest BCUT2D eigenvalue weighted by Gasteiger charge is 2.37. The summed E-state index contributed by atoms with van der Waals surface area (Å²) in [7, 11) is 0. The number of hydrogen-bond acceptors (Lipinski definition) is 0. The van der Waals surface area contributed by atoms with Gasteiger partial charge in [0.1, 0.15) is 0 Å². The molecule has 0 spiro atoms. The van der Waals surface area contributed by atoms with Gasteiger partial charge in [0.2, 0.25) is 0 Å². The molecular formula is C144H98. The summed E-state index contributed by atoms with van der Waals surface area (Å²) >= 11 is 0. The van der Waals surface area contributed by atoms with Gasteiger partial charge in [0.15, 0.2) is 0 Å². The molecule has 0 saturated heterocycles. The fourth-order valence-corrected chi connectivity index (χ4v) is 24.2. The summed E-state index contributed by atoms with van der Waals surface area (Å²) in [6.07, 6.45) is 0. The molecule has 144 heavy (non-hydrogen) atoms. The molecule has 0 aliphatic heterocycles. The molecule has 0 heterocycles. The fraction of sp³-hybridized carbons (Fsp3) is 0.0417. The van der Waals surface area contributed by atoms with Crippen LogP contribution in [0.2, 0.25) is 0 Å². The first-order valence-corrected chi connectivity index (χ1v) is 50.5. The van der Waals surface area contributed by atoms with E-state index < -0.39 is 0 Å². The Hall–Kier alpha value is -17.9. The molecule has 0 bridgehead atoms. The van der Waals surface area contributed by atoms with Crippen LogP contribution in [0.25, 0.3) is 263 Å². The first-order valence-electron chi connectivity index (χ1n) is 50.5. The second kappa shape index (κ2) is 34.5. The molecule has 2 aliphatic carbocycles. The normalized spacial score (nSPS) is 12.7. The highest BCUT2D eigenvalue weighted by Crippen LogP contribution is 2.54. The smallest absolute Gasteiger partial charge is 0.0159 e. The molecule has 674 valence electrons. The number of rotatable bonds is 10. The average molecular weight is 1830 g/mol. The van der Waals surface area contributed by atoms with Gasteiger partial charge in [-0.05, 0) is 358 Å². The van der Waals surface area contributed by atoms with E-state index in [9.17, 15) is 0 Å². The summed E-state index contributed by atoms with van der Waals surface area (Å²) in [5.41, 5.74) is 35.7. The molecule has 0 heteroatoms. The summed E-state index contributed by atoms with van der Waals surface area (Å²) in [6, 6.07) is 193. The van der Waals surface area contributed by atoms with Gasteiger partial charge < -0.3 is 0 Å². The zero-order chi connectivity index (χ0) is 95.8. The second-order valence-corrected chi connectivity index (χ2v) is 40.3. The summed E-state index contributed by atoms with van der Waals surface area (Å²) in [5.74, 6) is 0. The minimum absolute atomic E-state index is 0.0424. The lowest BCUT2D eigenvalue weighted by molar-refractivity contribution is 0.660. The van der Waals surface area contributed by atoms with Crippen molar-refractivity contribution in [1.29, 1.82) is 0 Å². The molecule has 0 amide bonds. The Balaban J connectivity index is 0.000000113. The van der Waals surface area contributed by atoms with Gasteiger partial charge in [-0.25, -0.2) is 0 Å². The Morgan fingerprint density at radius 1 is 0.104 bits per heavy atom. The Labute approximate surface area is 839 Å². The van der Waals surface area contributed by atoms with Crippen molar-refractivity contribution in [2.75, 3.05) is 0 Å². The van der Waals surface area contributed by atoms with Gasteiger partial charge in [-0.15, -0.1) is 0 Å². The van der Waals surface area contributed by atoms with Crippen molar-refractivity contribution in [3.63, 3.8) is 0 Å². The van der Waals surface area contributed by atoms with Crippen LogP contribution in [-0.2, 0) is 10.8 Å². The highest BCUT2D eigenvalue weighted by atomic mass is 14.4. The summed E-state index contributed by atoms with van der Waals surface area (Å²) in [4.78, 5) is 0. The maximum absolute atomic E-state index is 2.46. The number of hydrogen-bond donors (Lipinski definition) is 0. The van der Waals surface area contributed by atoms with Crippen molar-refractivity contribution in [2.45, 2.75) is 38.5 Å². The third-order valence-electron chi connectivity index (χ3n) is 31.5. The van der Waals surface area contributed by atoms with E-state index in [1.807, 2.05) is 0 Å². The van der Waals surface area contributed by atoms with Gasteiger partial charge in [-0.2, -0.15) is 0 Å². The molecule has 0 atom stereocenters. The van der Waals surface area contributed by atoms with Crippen LogP contribution < -0.4 is 0 Å². The standard InChI is InChI=1S/C64H46.C46H30.C34H22/c1-63(2)58-21-9-7-19-49(58)51-29-27-45(36-60(51)63)42-15-11-14-41(33-42)44-24-23-40-26-31-53-55(38-57-48-18-6-5-13-39(48)25-32-54(57)62(53)56(40)35-44)47-17-12-16-43(34-47)46-28-30-52-50-20-8-10-22-59(50)64(3,4)61(52)37-46;1-3-11-31(12-4-1)35-16-9-18-37(27-35)38-22-21-34-24-25-41-43(39-19-10-17-36(28-39)32-13-5-2-6-14-32)30-45-40-20-8-7-15-33(40)23-26-42(45)46(41)44(34)29-38;1-2-9-23(10-3-1)25-12-8-13-26(21-25)33-22-27-18-19-30-28-14-5-4-11-24(28)17-20-32(30)34(27)31-16-7-6-15-29(31)33/h5-38H,1-4H3;1-30H;1-22H. The molecule has 29 rings (SSSR count). The maximum Gasteiger partial charge on any atom is 0.0159 e. The lowest BCUT2D eigenvalue weighted by Gasteiger charge is -2.22. The largest absolute Gasteiger partial charge is 0.0622 e. The maximum atomic E-state index is 2.46. The first kappa shape index (κ1) is 85.3. The Kier molecular flexibility index (Phi) is 20.5. The molecule has 0 fully saturated rings. The molecule has 2 aliphatic rings. The van der Waals surface area contributed by atoms with Crippen molar-refractivity contribution in [3.8, 4) is 134 Å². The Bertz CT molecular complexity index is 9940. The van der Waals surface area contributed by atoms with Crippen molar-refractivity contribution < 1.29 is 0 Å². The van der Waals surface area contributed by atoms with Gasteiger partial charge in [0.25, 0.3) is 0 Å². The third kappa shape index (κ3) is 14.5. The molecule has 0 saturated carbocycles. The third-order valence-corrected chi connectivity index (χ3v) is 31.5. The lowest BCUT2D eigenvalue weighted by Crippen LogP contribution is -2.14. The molecule has 0 unspecified atom stereocenters. The van der Waals surface area contributed by atoms with Gasteiger partial charge in [0.05, 0.1) is 0 Å². The van der Waals surface area contributed by atoms with Crippen LogP contribution in [0.5, 0.6) is 0 Å². The van der Waals surface area contributed by atoms with Crippen LogP contribution in [0.15, 0.2) is 522 Å². The average Bonchev–Trinajstić information content (AvgIpc) is 1.12. The summed E-state index contributed by atoms with van der Waals surface area (Å²) in [5, 5.41) is 30.9. The van der Waals surface area contributed by atoms with E-state index in [0.717, 1.165) is 0 Å². The minimum atomic E-state index is -0.0532. The molecular weight excluding hydrogens is 1730 g/mol. The van der Waals surface area contributed by atoms with E-state index in [0.29, 0.717) is 0 Å². The van der Waals surface area contributed by atoms with Crippen molar-refractivity contribution in [1.82, 2.24) is 0 Å². The van der Waals surface area contributed by atoms with Gasteiger partial charge in [-0.1, -0.05) is 477 Å². The molecule has 0 aromatic heterocycles. The van der Waals surface area contributed by atoms with E-state index in [1.54, 1.807) is 0 Å². The first-order chi connectivity index (χ1) is 70.9. The van der Waals surface area contributed by atoms with Crippen LogP contribution in [0.3, 0.4) is 0 Å². The van der Waals surface area contributed by atoms with E-state index >= 15 is 0 Å². The van der Waals surface area contributed by atoms with Crippen LogP contribution in [0, 0.1) is 0 Å². The quantitative estimate of drug-likeness (QED) is 0.120. The molecule has 27 aromatic rings. The number of benzene rings is 27. The minimum Gasteiger partial charge on any atom is -0.0622 e. The Morgan fingerprint density at radius 2 is 0.354 bits per heavy atom. The zero-order valence-electron chi connectivity index (χ0n) is 80.7. The molecule has 0 N–H and O–H groups in total. The van der Waals surface area contributed by atoms with Gasteiger partial charge in [-0.3, -0.25) is 0 Å². The lowest BCUT2D eigenvalue weighted by atomic mass is 9.81. The Morgan fingerprint density at radius 3 is 0.764 bits per heavy atom. The van der Waals surface area contributed by atoms with Crippen molar-refractivity contribution >= 4 is 129 Å². The van der Waals surface area contributed by atoms with E-state index in [2.05, 4.69) is 549 Å². The monoisotopic (exact) mass is 1830 g/mol. The second-order valence-electron chi connectivity index (χ2n) is 40.3. The van der Waals surface area contributed by atoms with Crippen LogP contribution in [0.4, 0.5) is 0 Å². The fourth-order valence-electron chi connectivity index (χ4n) is 24.2.